The molecule has 4 saturated carbocycles. The fourth-order valence-corrected chi connectivity index (χ4v) is 24.1. The van der Waals surface area contributed by atoms with Crippen molar-refractivity contribution in [3.05, 3.63) is 0 Å². The van der Waals surface area contributed by atoms with Crippen LogP contribution in [0.3, 0.4) is 0 Å². The zero-order chi connectivity index (χ0) is 76.1. The number of hydrogen-bond donors (Lipinski definition) is 10. The minimum absolute atomic E-state index is 0.190. The highest BCUT2D eigenvalue weighted by molar-refractivity contribution is 8.01. The SMILES string of the molecule is CC1(O)CSCCCO1.CC1CCCOC(O)CS1.CC1CCCSCC(O)O1.CC1SCCCOC1(C)O.CC1SCCCOC1O.OC12CCCC1SCCCCO2.OC12CCCC1SCCCO2.OC12CCCCC1SCCCCO2.OC12CCCCC1SCCCO2.OC1CSCCCCO1. The van der Waals surface area contributed by atoms with Crippen LogP contribution >= 0.6 is 118 Å². The van der Waals surface area contributed by atoms with Crippen LogP contribution in [-0.4, -0.2) is 288 Å². The number of ether oxygens (including phenoxy) is 10. The van der Waals surface area contributed by atoms with E-state index in [-0.39, 0.29) is 16.6 Å². The van der Waals surface area contributed by atoms with Gasteiger partial charge in [-0.3, -0.25) is 0 Å². The van der Waals surface area contributed by atoms with Gasteiger partial charge in [-0.1, -0.05) is 19.8 Å². The first-order valence-electron chi connectivity index (χ1n) is 39.8. The predicted molar refractivity (Wildman–Crippen MR) is 446 cm³/mol. The molecule has 0 aromatic carbocycles. The monoisotopic (exact) mass is 1680 g/mol. The van der Waals surface area contributed by atoms with Crippen molar-refractivity contribution >= 4 is 118 Å². The van der Waals surface area contributed by atoms with Crippen molar-refractivity contribution in [2.24, 2.45) is 0 Å². The summed E-state index contributed by atoms with van der Waals surface area (Å²) in [5.41, 5.74) is 0. The summed E-state index contributed by atoms with van der Waals surface area (Å²) in [4.78, 5) is 0. The number of aliphatic hydroxyl groups excluding tert-OH is 4. The van der Waals surface area contributed by atoms with Crippen LogP contribution in [-0.2, 0) is 47.4 Å². The van der Waals surface area contributed by atoms with E-state index in [2.05, 4.69) is 6.92 Å². The largest absolute Gasteiger partial charge is 0.367 e. The lowest BCUT2D eigenvalue weighted by atomic mass is 9.93. The zero-order valence-electron chi connectivity index (χ0n) is 64.6. The molecule has 18 atom stereocenters. The van der Waals surface area contributed by atoms with Crippen molar-refractivity contribution < 1.29 is 98.4 Å². The molecule has 622 valence electrons. The fourth-order valence-electron chi connectivity index (χ4n) is 13.1. The van der Waals surface area contributed by atoms with E-state index < -0.39 is 59.9 Å². The smallest absolute Gasteiger partial charge is 0.177 e. The number of aliphatic hydroxyl groups is 10. The van der Waals surface area contributed by atoms with Crippen molar-refractivity contribution in [2.45, 2.75) is 330 Å². The summed E-state index contributed by atoms with van der Waals surface area (Å²) >= 11 is 18.2. The van der Waals surface area contributed by atoms with Gasteiger partial charge in [0.05, 0.1) is 83.9 Å². The van der Waals surface area contributed by atoms with Gasteiger partial charge in [0.15, 0.2) is 59.9 Å². The van der Waals surface area contributed by atoms with E-state index in [1.54, 1.807) is 84.4 Å². The van der Waals surface area contributed by atoms with Crippen molar-refractivity contribution in [3.63, 3.8) is 0 Å². The molecule has 18 unspecified atom stereocenters. The normalized spacial score (nSPS) is 40.0. The van der Waals surface area contributed by atoms with Crippen LogP contribution in [0, 0.1) is 0 Å². The van der Waals surface area contributed by atoms with Gasteiger partial charge < -0.3 is 98.4 Å². The van der Waals surface area contributed by atoms with Gasteiger partial charge >= 0.3 is 0 Å². The molecular weight excluding hydrogens is 1540 g/mol. The van der Waals surface area contributed by atoms with Crippen molar-refractivity contribution in [2.75, 3.05) is 134 Å². The van der Waals surface area contributed by atoms with Gasteiger partial charge in [0.2, 0.25) is 0 Å². The molecule has 0 spiro atoms. The summed E-state index contributed by atoms with van der Waals surface area (Å²) in [5.74, 6) is 8.30. The summed E-state index contributed by atoms with van der Waals surface area (Å²) in [6, 6.07) is 0. The molecule has 14 fully saturated rings. The molecule has 0 amide bonds. The van der Waals surface area contributed by atoms with Gasteiger partial charge in [-0.15, -0.1) is 0 Å². The minimum Gasteiger partial charge on any atom is -0.367 e. The van der Waals surface area contributed by atoms with Gasteiger partial charge in [-0.25, -0.2) is 0 Å². The van der Waals surface area contributed by atoms with Crippen LogP contribution in [0.15, 0.2) is 0 Å². The summed E-state index contributed by atoms with van der Waals surface area (Å²) in [6.07, 6.45) is 29.8. The average Bonchev–Trinajstić information content (AvgIpc) is 1.81. The van der Waals surface area contributed by atoms with Crippen LogP contribution in [0.2, 0.25) is 0 Å². The maximum Gasteiger partial charge on any atom is 0.177 e. The van der Waals surface area contributed by atoms with Gasteiger partial charge in [-0.05, 0) is 234 Å². The van der Waals surface area contributed by atoms with E-state index in [4.69, 9.17) is 67.8 Å². The van der Waals surface area contributed by atoms with Crippen LogP contribution in [0.5, 0.6) is 0 Å². The maximum atomic E-state index is 10.3. The fraction of sp³-hybridized carbons (Fsp3) is 1.00. The Balaban J connectivity index is 0.000000210. The topological polar surface area (TPSA) is 295 Å². The molecule has 10 saturated heterocycles. The van der Waals surface area contributed by atoms with E-state index in [9.17, 15) is 30.6 Å². The molecule has 10 heterocycles. The molecule has 0 bridgehead atoms. The molecule has 10 aliphatic heterocycles. The second kappa shape index (κ2) is 56.2. The van der Waals surface area contributed by atoms with E-state index >= 15 is 0 Å². The lowest BCUT2D eigenvalue weighted by Gasteiger charge is -2.40. The van der Waals surface area contributed by atoms with Crippen LogP contribution in [0.25, 0.3) is 0 Å². The third-order valence-electron chi connectivity index (χ3n) is 19.6. The number of rotatable bonds is 0. The molecule has 14 rings (SSSR count). The first-order valence-corrected chi connectivity index (χ1v) is 50.6. The predicted octanol–water partition coefficient (Wildman–Crippen LogP) is 13.3. The van der Waals surface area contributed by atoms with Crippen molar-refractivity contribution in [1.82, 2.24) is 0 Å². The van der Waals surface area contributed by atoms with E-state index in [1.165, 1.54) is 62.2 Å². The standard InChI is InChI=1S/C10H18O2S.2C9H16O2S.C8H14O2S.3C7H14O2S.3C6H12O2S/c11-10-6-2-1-5-9(10)13-8-4-3-7-12-10;10-9-5-3-4-8(9)12-7-2-1-6-11-9;10-9-5-2-1-4-8(9)12-7-3-6-11-9;9-8-4-1-3-7(8)11-6-2-5-10-8;1-6-7(2,8)9-4-3-5-10-6;1-6-3-2-4-10-5-7(8)9-6;1-6-3-2-4-9-7(8)5-10-6;1-6(7)5-9-4-2-3-8-6;1-5-6(7)8-3-2-4-9-5;7-6-5-9-4-2-1-3-8-6/h9,11H,1-8H2;2*8,10H,1-7H2;7,9H,1-6H2;6,8H,3-5H2,1-2H3;2*6-8H,2-5H2,1H3;7H,2-5H2,1H3;5-7H,2-4H2,1H3;6-7H,1-5H2. The maximum absolute atomic E-state index is 10.3. The van der Waals surface area contributed by atoms with Gasteiger partial charge in [-0.2, -0.15) is 118 Å². The van der Waals surface area contributed by atoms with Crippen molar-refractivity contribution in [3.8, 4) is 0 Å². The second-order valence-corrected chi connectivity index (χ2v) is 42.4. The summed E-state index contributed by atoms with van der Waals surface area (Å²) in [7, 11) is 0. The molecule has 0 aromatic heterocycles. The highest BCUT2D eigenvalue weighted by atomic mass is 32.2. The third kappa shape index (κ3) is 42.1. The van der Waals surface area contributed by atoms with Crippen molar-refractivity contribution in [1.29, 1.82) is 0 Å². The molecule has 10 N–H and O–H groups in total. The Morgan fingerprint density at radius 1 is 0.314 bits per heavy atom. The van der Waals surface area contributed by atoms with E-state index in [1.807, 2.05) is 67.8 Å². The molecule has 30 heteroatoms. The molecule has 0 radical (unpaired) electrons. The number of fused-ring (bicyclic) bond motifs is 4. The summed E-state index contributed by atoms with van der Waals surface area (Å²) in [6.45, 7) is 18.1. The van der Waals surface area contributed by atoms with Gasteiger partial charge in [0.1, 0.15) is 0 Å². The Bertz CT molecular complexity index is 2110. The Morgan fingerprint density at radius 2 is 0.714 bits per heavy atom. The second-order valence-electron chi connectivity index (χ2n) is 29.3. The highest BCUT2D eigenvalue weighted by Gasteiger charge is 2.46. The minimum atomic E-state index is -0.916. The average molecular weight is 1680 g/mol. The quantitative estimate of drug-likeness (QED) is 0.108. The highest BCUT2D eigenvalue weighted by Crippen LogP contribution is 2.44. The molecular formula is C75H142O20S10. The van der Waals surface area contributed by atoms with E-state index in [0.717, 1.165) is 226 Å². The first-order chi connectivity index (χ1) is 50.4. The third-order valence-corrected chi connectivity index (χ3v) is 33.3. The lowest BCUT2D eigenvalue weighted by molar-refractivity contribution is -0.216. The van der Waals surface area contributed by atoms with Gasteiger partial charge in [0.25, 0.3) is 0 Å². The molecule has 0 aromatic rings. The zero-order valence-corrected chi connectivity index (χ0v) is 72.8. The summed E-state index contributed by atoms with van der Waals surface area (Å²) < 4.78 is 52.8. The Labute approximate surface area is 675 Å². The molecule has 4 aliphatic carbocycles. The molecule has 20 nitrogen and oxygen atoms in total. The van der Waals surface area contributed by atoms with Crippen LogP contribution in [0.1, 0.15) is 228 Å². The Morgan fingerprint density at radius 3 is 1.29 bits per heavy atom. The number of hydrogen-bond acceptors (Lipinski definition) is 30. The molecule has 105 heavy (non-hydrogen) atoms. The van der Waals surface area contributed by atoms with E-state index in [0.29, 0.717) is 58.4 Å². The Kier molecular flexibility index (Phi) is 52.6. The molecule has 14 aliphatic rings. The lowest BCUT2D eigenvalue weighted by Crippen LogP contribution is -2.46. The number of thioether (sulfide) groups is 10. The summed E-state index contributed by atoms with van der Waals surface area (Å²) in [5, 5.41) is 98.1. The van der Waals surface area contributed by atoms with Crippen LogP contribution < -0.4 is 0 Å². The first kappa shape index (κ1) is 98.3. The van der Waals surface area contributed by atoms with Gasteiger partial charge in [0, 0.05) is 67.2 Å². The van der Waals surface area contributed by atoms with Crippen LogP contribution in [0.4, 0.5) is 0 Å². The Hall–Kier alpha value is 2.70.